The topological polar surface area (TPSA) is 87.1 Å². The first-order chi connectivity index (χ1) is 12.7. The molecule has 140 valence electrons. The van der Waals surface area contributed by atoms with Crippen LogP contribution in [0.2, 0.25) is 0 Å². The van der Waals surface area contributed by atoms with Crippen LogP contribution in [-0.2, 0) is 11.2 Å². The Morgan fingerprint density at radius 2 is 2.12 bits per heavy atom. The summed E-state index contributed by atoms with van der Waals surface area (Å²) in [6, 6.07) is 0.480. The van der Waals surface area contributed by atoms with Crippen LogP contribution < -0.4 is 10.6 Å². The number of aliphatic hydroxyl groups is 1. The Balaban J connectivity index is 1.65. The highest BCUT2D eigenvalue weighted by Gasteiger charge is 2.32. The first-order valence-electron chi connectivity index (χ1n) is 9.60. The number of thiophene rings is 1. The molecule has 0 saturated heterocycles. The minimum absolute atomic E-state index is 0.184. The van der Waals surface area contributed by atoms with E-state index in [2.05, 4.69) is 20.6 Å². The predicted octanol–water partition coefficient (Wildman–Crippen LogP) is 2.96. The van der Waals surface area contributed by atoms with E-state index in [4.69, 9.17) is 0 Å². The first kappa shape index (κ1) is 17.7. The largest absolute Gasteiger partial charge is 0.383 e. The molecule has 1 amide bonds. The third kappa shape index (κ3) is 3.30. The molecule has 1 fully saturated rings. The van der Waals surface area contributed by atoms with E-state index in [0.717, 1.165) is 28.9 Å². The number of fused-ring (bicyclic) bond motifs is 3. The van der Waals surface area contributed by atoms with Crippen LogP contribution in [-0.4, -0.2) is 40.2 Å². The number of likely N-dealkylation sites (N-methyl/N-ethyl adjacent to an activating group) is 1. The fourth-order valence-electron chi connectivity index (χ4n) is 4.40. The van der Waals surface area contributed by atoms with Crippen molar-refractivity contribution in [1.82, 2.24) is 15.3 Å². The highest BCUT2D eigenvalue weighted by molar-refractivity contribution is 7.19. The fourth-order valence-corrected chi connectivity index (χ4v) is 5.64. The molecule has 2 aliphatic rings. The Labute approximate surface area is 157 Å². The lowest BCUT2D eigenvalue weighted by Gasteiger charge is -2.24. The number of nitrogens with one attached hydrogen (secondary N) is 2. The number of aromatic nitrogens is 2. The number of rotatable bonds is 5. The van der Waals surface area contributed by atoms with Crippen molar-refractivity contribution < 1.29 is 9.90 Å². The zero-order valence-corrected chi connectivity index (χ0v) is 15.9. The molecule has 2 atom stereocenters. The van der Waals surface area contributed by atoms with Gasteiger partial charge in [-0.1, -0.05) is 19.3 Å². The molecule has 0 radical (unpaired) electrons. The van der Waals surface area contributed by atoms with E-state index in [-0.39, 0.29) is 11.8 Å². The smallest absolute Gasteiger partial charge is 0.248 e. The third-order valence-corrected chi connectivity index (χ3v) is 6.91. The van der Waals surface area contributed by atoms with E-state index in [9.17, 15) is 9.90 Å². The summed E-state index contributed by atoms with van der Waals surface area (Å²) >= 11 is 1.73. The molecular weight excluding hydrogens is 348 g/mol. The van der Waals surface area contributed by atoms with Crippen molar-refractivity contribution in [2.45, 2.75) is 69.4 Å². The Kier molecular flexibility index (Phi) is 5.09. The molecule has 2 heterocycles. The number of aryl methyl sites for hydroxylation is 1. The normalized spacial score (nSPS) is 21.5. The molecule has 0 aliphatic heterocycles. The molecule has 6 nitrogen and oxygen atoms in total. The van der Waals surface area contributed by atoms with Crippen LogP contribution in [0.25, 0.3) is 10.2 Å². The maximum absolute atomic E-state index is 11.7. The van der Waals surface area contributed by atoms with Gasteiger partial charge in [0.15, 0.2) is 0 Å². The molecular formula is C19H26N4O2S. The average Bonchev–Trinajstić information content (AvgIpc) is 3.22. The van der Waals surface area contributed by atoms with Crippen molar-refractivity contribution in [2.24, 2.45) is 0 Å². The molecule has 2 aromatic rings. The highest BCUT2D eigenvalue weighted by Crippen LogP contribution is 2.47. The van der Waals surface area contributed by atoms with Gasteiger partial charge in [-0.25, -0.2) is 9.97 Å². The van der Waals surface area contributed by atoms with Crippen LogP contribution in [0, 0.1) is 0 Å². The number of hydrogen-bond donors (Lipinski definition) is 3. The number of aliphatic hydroxyl groups excluding tert-OH is 1. The average molecular weight is 375 g/mol. The summed E-state index contributed by atoms with van der Waals surface area (Å²) in [4.78, 5) is 23.1. The second-order valence-electron chi connectivity index (χ2n) is 7.42. The van der Waals surface area contributed by atoms with Gasteiger partial charge >= 0.3 is 0 Å². The number of amides is 1. The van der Waals surface area contributed by atoms with Gasteiger partial charge in [0.1, 0.15) is 23.1 Å². The van der Waals surface area contributed by atoms with Crippen molar-refractivity contribution in [3.8, 4) is 0 Å². The molecule has 3 N–H and O–H groups in total. The summed E-state index contributed by atoms with van der Waals surface area (Å²) in [5.74, 6) is 0.805. The summed E-state index contributed by atoms with van der Waals surface area (Å²) < 4.78 is 0. The van der Waals surface area contributed by atoms with Crippen molar-refractivity contribution in [2.75, 3.05) is 12.4 Å². The van der Waals surface area contributed by atoms with E-state index in [1.54, 1.807) is 24.7 Å². The van der Waals surface area contributed by atoms with E-state index in [1.807, 2.05) is 0 Å². The summed E-state index contributed by atoms with van der Waals surface area (Å²) in [6.07, 6.45) is 9.35. The van der Waals surface area contributed by atoms with Gasteiger partial charge in [0.25, 0.3) is 0 Å². The molecule has 26 heavy (non-hydrogen) atoms. The van der Waals surface area contributed by atoms with Crippen LogP contribution in [0.4, 0.5) is 5.82 Å². The van der Waals surface area contributed by atoms with Crippen molar-refractivity contribution in [1.29, 1.82) is 0 Å². The molecule has 2 aromatic heterocycles. The maximum Gasteiger partial charge on any atom is 0.248 e. The molecule has 1 saturated carbocycles. The van der Waals surface area contributed by atoms with E-state index in [0.29, 0.717) is 12.5 Å². The van der Waals surface area contributed by atoms with Crippen molar-refractivity contribution in [3.05, 3.63) is 16.8 Å². The van der Waals surface area contributed by atoms with E-state index in [1.165, 1.54) is 42.5 Å². The quantitative estimate of drug-likeness (QED) is 0.749. The van der Waals surface area contributed by atoms with Gasteiger partial charge in [0, 0.05) is 18.0 Å². The van der Waals surface area contributed by atoms with Gasteiger partial charge in [-0.15, -0.1) is 11.3 Å². The van der Waals surface area contributed by atoms with Gasteiger partial charge in [0.2, 0.25) is 5.91 Å². The second-order valence-corrected chi connectivity index (χ2v) is 8.51. The Bertz CT molecular complexity index is 800. The Morgan fingerprint density at radius 3 is 2.88 bits per heavy atom. The van der Waals surface area contributed by atoms with Crippen LogP contribution >= 0.6 is 11.3 Å². The lowest BCUT2D eigenvalue weighted by atomic mass is 9.93. The summed E-state index contributed by atoms with van der Waals surface area (Å²) in [6.45, 7) is 0. The Morgan fingerprint density at radius 1 is 1.31 bits per heavy atom. The number of nitrogens with zero attached hydrogens (tertiary/aromatic N) is 2. The van der Waals surface area contributed by atoms with Gasteiger partial charge < -0.3 is 15.7 Å². The summed E-state index contributed by atoms with van der Waals surface area (Å²) in [5, 5.41) is 17.5. The third-order valence-electron chi connectivity index (χ3n) is 5.73. The zero-order chi connectivity index (χ0) is 18.1. The van der Waals surface area contributed by atoms with Gasteiger partial charge in [-0.3, -0.25) is 4.79 Å². The molecule has 0 spiro atoms. The summed E-state index contributed by atoms with van der Waals surface area (Å²) in [7, 11) is 1.56. The van der Waals surface area contributed by atoms with Gasteiger partial charge in [-0.2, -0.15) is 0 Å². The van der Waals surface area contributed by atoms with Gasteiger partial charge in [-0.05, 0) is 43.6 Å². The predicted molar refractivity (Wildman–Crippen MR) is 104 cm³/mol. The lowest BCUT2D eigenvalue weighted by molar-refractivity contribution is -0.129. The van der Waals surface area contributed by atoms with Crippen molar-refractivity contribution in [3.63, 3.8) is 0 Å². The lowest BCUT2D eigenvalue weighted by Crippen LogP contribution is -2.32. The monoisotopic (exact) mass is 374 g/mol. The second kappa shape index (κ2) is 7.48. The number of hydrogen-bond acceptors (Lipinski definition) is 6. The number of carbonyl (C=O) groups excluding carboxylic acids is 1. The van der Waals surface area contributed by atoms with Crippen LogP contribution in [0.5, 0.6) is 0 Å². The zero-order valence-electron chi connectivity index (χ0n) is 15.1. The molecule has 0 bridgehead atoms. The molecule has 4 rings (SSSR count). The molecule has 7 heteroatoms. The number of anilines is 1. The summed E-state index contributed by atoms with van der Waals surface area (Å²) in [5.41, 5.74) is 1.26. The van der Waals surface area contributed by atoms with Crippen molar-refractivity contribution >= 4 is 33.3 Å². The minimum Gasteiger partial charge on any atom is -0.383 e. The maximum atomic E-state index is 11.7. The fraction of sp³-hybridized carbons (Fsp3) is 0.632. The van der Waals surface area contributed by atoms with Crippen LogP contribution in [0.1, 0.15) is 61.3 Å². The van der Waals surface area contributed by atoms with E-state index < -0.39 is 6.10 Å². The highest BCUT2D eigenvalue weighted by atomic mass is 32.1. The minimum atomic E-state index is -0.967. The SMILES string of the molecule is CNC(=O)C(O)CC1CCc2sc3ncnc(NC4CCCCC4)c3c21. The number of carbonyl (C=O) groups is 1. The van der Waals surface area contributed by atoms with Crippen LogP contribution in [0.3, 0.4) is 0 Å². The molecule has 2 aliphatic carbocycles. The Hall–Kier alpha value is -1.73. The van der Waals surface area contributed by atoms with E-state index >= 15 is 0 Å². The molecule has 2 unspecified atom stereocenters. The standard InChI is InChI=1S/C19H26N4O2S/c1-20-18(25)13(24)9-11-7-8-14-15(11)16-17(21-10-22-19(16)26-14)23-12-5-3-2-4-6-12/h10-13,24H,2-9H2,1H3,(H,20,25)(H,21,22,23). The van der Waals surface area contributed by atoms with Gasteiger partial charge in [0.05, 0.1) is 5.39 Å². The molecule has 0 aromatic carbocycles. The van der Waals surface area contributed by atoms with Crippen LogP contribution in [0.15, 0.2) is 6.33 Å². The first-order valence-corrected chi connectivity index (χ1v) is 10.4.